The fraction of sp³-hybridized carbons (Fsp3) is 0.371. The van der Waals surface area contributed by atoms with Crippen molar-refractivity contribution in [1.82, 2.24) is 14.9 Å². The number of nitrogens with one attached hydrogen (secondary N) is 1. The van der Waals surface area contributed by atoms with Crippen LogP contribution < -0.4 is 23.8 Å². The first-order chi connectivity index (χ1) is 24.6. The lowest BCUT2D eigenvalue weighted by Gasteiger charge is -2.41. The molecule has 52 heavy (non-hydrogen) atoms. The standard InChI is InChI=1S/C35H37F6N5O5S/c1-45(2)28-17-22(21-6-5-7-24(16-21)35(39,40)41)9-11-26(28)44-27-12-13-30(32(36)33(27)51-34(37)38)52(47,48)46(31-14-15-42-20-43-31)19-23-8-10-25(49-3)18-29(23)50-4/h5-8,10,12-16,18,20,22,26,28,34,44H,9,11,17,19H2,1-4H3/t22-,26-,28-/m0/s1. The maximum absolute atomic E-state index is 16.4. The van der Waals surface area contributed by atoms with Crippen LogP contribution in [0.4, 0.5) is 37.8 Å². The lowest BCUT2D eigenvalue weighted by molar-refractivity contribution is -0.137. The van der Waals surface area contributed by atoms with Gasteiger partial charge in [-0.2, -0.15) is 22.0 Å². The molecule has 0 aliphatic heterocycles. The van der Waals surface area contributed by atoms with Gasteiger partial charge in [0.25, 0.3) is 10.0 Å². The fourth-order valence-corrected chi connectivity index (χ4v) is 7.85. The van der Waals surface area contributed by atoms with Gasteiger partial charge in [-0.25, -0.2) is 27.1 Å². The van der Waals surface area contributed by atoms with Crippen LogP contribution in [0.1, 0.15) is 41.9 Å². The van der Waals surface area contributed by atoms with Crippen LogP contribution in [0, 0.1) is 5.82 Å². The number of nitrogens with zero attached hydrogens (tertiary/aromatic N) is 4. The highest BCUT2D eigenvalue weighted by Gasteiger charge is 2.37. The summed E-state index contributed by atoms with van der Waals surface area (Å²) in [6.07, 6.45) is -0.922. The molecule has 0 bridgehead atoms. The third-order valence-corrected chi connectivity index (χ3v) is 10.7. The third kappa shape index (κ3) is 8.47. The molecule has 1 aliphatic rings. The second kappa shape index (κ2) is 15.9. The van der Waals surface area contributed by atoms with Crippen LogP contribution in [0.25, 0.3) is 0 Å². The van der Waals surface area contributed by atoms with Gasteiger partial charge in [-0.15, -0.1) is 0 Å². The van der Waals surface area contributed by atoms with Crippen LogP contribution in [0.2, 0.25) is 0 Å². The van der Waals surface area contributed by atoms with Gasteiger partial charge in [0.15, 0.2) is 11.6 Å². The van der Waals surface area contributed by atoms with Gasteiger partial charge in [-0.1, -0.05) is 18.2 Å². The molecule has 1 heterocycles. The molecule has 0 spiro atoms. The van der Waals surface area contributed by atoms with E-state index in [1.807, 2.05) is 4.90 Å². The Morgan fingerprint density at radius 1 is 1.00 bits per heavy atom. The SMILES string of the molecule is COc1ccc(CN(c2ccncn2)S(=O)(=O)c2ccc(N[C@H]3CC[C@H](c4cccc(C(F)(F)F)c4)C[C@@H]3N(C)C)c(OC(F)F)c2F)c(OC)c1. The number of anilines is 2. The number of hydrogen-bond acceptors (Lipinski definition) is 9. The summed E-state index contributed by atoms with van der Waals surface area (Å²) in [4.78, 5) is 8.75. The molecule has 0 unspecified atom stereocenters. The molecule has 280 valence electrons. The third-order valence-electron chi connectivity index (χ3n) is 8.97. The Labute approximate surface area is 297 Å². The minimum atomic E-state index is -4.87. The first-order valence-electron chi connectivity index (χ1n) is 16.0. The largest absolute Gasteiger partial charge is 0.497 e. The van der Waals surface area contributed by atoms with Crippen molar-refractivity contribution in [3.63, 3.8) is 0 Å². The highest BCUT2D eigenvalue weighted by Crippen LogP contribution is 2.41. The zero-order valence-electron chi connectivity index (χ0n) is 28.6. The van der Waals surface area contributed by atoms with Gasteiger partial charge >= 0.3 is 12.8 Å². The van der Waals surface area contributed by atoms with Gasteiger partial charge in [0, 0.05) is 36.0 Å². The predicted octanol–water partition coefficient (Wildman–Crippen LogP) is 7.33. The normalized spacial score (nSPS) is 18.0. The molecular weight excluding hydrogens is 716 g/mol. The van der Waals surface area contributed by atoms with Gasteiger partial charge in [0.1, 0.15) is 28.5 Å². The van der Waals surface area contributed by atoms with Crippen LogP contribution >= 0.6 is 0 Å². The number of likely N-dealkylation sites (N-methyl/N-ethyl adjacent to an activating group) is 1. The van der Waals surface area contributed by atoms with E-state index in [1.54, 1.807) is 32.3 Å². The van der Waals surface area contributed by atoms with Crippen molar-refractivity contribution < 1.29 is 49.0 Å². The molecule has 0 saturated heterocycles. The molecule has 1 N–H and O–H groups in total. The van der Waals surface area contributed by atoms with Gasteiger partial charge < -0.3 is 24.4 Å². The smallest absolute Gasteiger partial charge is 0.416 e. The first kappa shape index (κ1) is 38.5. The Balaban J connectivity index is 1.49. The van der Waals surface area contributed by atoms with E-state index in [-0.39, 0.29) is 29.2 Å². The maximum Gasteiger partial charge on any atom is 0.416 e. The second-order valence-electron chi connectivity index (χ2n) is 12.3. The first-order valence-corrected chi connectivity index (χ1v) is 17.4. The van der Waals surface area contributed by atoms with Crippen molar-refractivity contribution in [3.05, 3.63) is 95.7 Å². The zero-order chi connectivity index (χ0) is 37.8. The van der Waals surface area contributed by atoms with Crippen molar-refractivity contribution in [2.75, 3.05) is 37.9 Å². The fourth-order valence-electron chi connectivity index (χ4n) is 6.39. The molecular formula is C35H37F6N5O5S. The van der Waals surface area contributed by atoms with Crippen molar-refractivity contribution in [3.8, 4) is 17.2 Å². The molecule has 17 heteroatoms. The molecule has 4 aromatic rings. The number of ether oxygens (including phenoxy) is 3. The lowest BCUT2D eigenvalue weighted by atomic mass is 9.78. The van der Waals surface area contributed by atoms with Crippen LogP contribution in [0.15, 0.2) is 78.1 Å². The molecule has 5 rings (SSSR count). The predicted molar refractivity (Wildman–Crippen MR) is 181 cm³/mol. The highest BCUT2D eigenvalue weighted by atomic mass is 32.2. The van der Waals surface area contributed by atoms with Gasteiger partial charge in [-0.05, 0) is 75.2 Å². The Morgan fingerprint density at radius 2 is 1.77 bits per heavy atom. The number of benzene rings is 3. The van der Waals surface area contributed by atoms with E-state index in [4.69, 9.17) is 9.47 Å². The van der Waals surface area contributed by atoms with Gasteiger partial charge in [-0.3, -0.25) is 0 Å². The zero-order valence-corrected chi connectivity index (χ0v) is 29.4. The summed E-state index contributed by atoms with van der Waals surface area (Å²) in [5, 5.41) is 3.06. The average molecular weight is 754 g/mol. The number of sulfonamides is 1. The van der Waals surface area contributed by atoms with E-state index in [2.05, 4.69) is 20.0 Å². The highest BCUT2D eigenvalue weighted by molar-refractivity contribution is 7.92. The quantitative estimate of drug-likeness (QED) is 0.141. The number of rotatable bonds is 13. The van der Waals surface area contributed by atoms with Crippen molar-refractivity contribution >= 4 is 21.5 Å². The van der Waals surface area contributed by atoms with E-state index in [0.717, 1.165) is 34.9 Å². The van der Waals surface area contributed by atoms with Crippen LogP contribution in [0.5, 0.6) is 17.2 Å². The molecule has 3 aromatic carbocycles. The lowest BCUT2D eigenvalue weighted by Crippen LogP contribution is -2.47. The molecule has 1 aromatic heterocycles. The molecule has 10 nitrogen and oxygen atoms in total. The number of aromatic nitrogens is 2. The number of methoxy groups -OCH3 is 2. The number of halogens is 6. The van der Waals surface area contributed by atoms with Crippen LogP contribution in [-0.2, 0) is 22.7 Å². The monoisotopic (exact) mass is 753 g/mol. The van der Waals surface area contributed by atoms with Crippen LogP contribution in [-0.4, -0.2) is 70.3 Å². The van der Waals surface area contributed by atoms with Crippen LogP contribution in [0.3, 0.4) is 0 Å². The van der Waals surface area contributed by atoms with Gasteiger partial charge in [0.2, 0.25) is 0 Å². The van der Waals surface area contributed by atoms with Crippen molar-refractivity contribution in [2.24, 2.45) is 0 Å². The van der Waals surface area contributed by atoms with E-state index < -0.39 is 57.4 Å². The summed E-state index contributed by atoms with van der Waals surface area (Å²) in [7, 11) is 1.48. The van der Waals surface area contributed by atoms with E-state index in [9.17, 15) is 30.4 Å². The summed E-state index contributed by atoms with van der Waals surface area (Å²) in [6, 6.07) is 12.3. The van der Waals surface area contributed by atoms with E-state index >= 15 is 4.39 Å². The van der Waals surface area contributed by atoms with Crippen molar-refractivity contribution in [2.45, 2.75) is 61.5 Å². The Morgan fingerprint density at radius 3 is 2.40 bits per heavy atom. The minimum absolute atomic E-state index is 0.142. The van der Waals surface area contributed by atoms with Crippen molar-refractivity contribution in [1.29, 1.82) is 0 Å². The summed E-state index contributed by atoms with van der Waals surface area (Å²) in [5.74, 6) is -2.28. The topological polar surface area (TPSA) is 106 Å². The number of alkyl halides is 5. The molecule has 1 fully saturated rings. The summed E-state index contributed by atoms with van der Waals surface area (Å²) < 4.78 is 129. The summed E-state index contributed by atoms with van der Waals surface area (Å²) in [6.45, 7) is -3.92. The Hall–Kier alpha value is -4.77. The Bertz CT molecular complexity index is 1950. The molecule has 3 atom stereocenters. The van der Waals surface area contributed by atoms with E-state index in [1.165, 1.54) is 38.6 Å². The minimum Gasteiger partial charge on any atom is -0.497 e. The number of hydrogen-bond donors (Lipinski definition) is 1. The summed E-state index contributed by atoms with van der Waals surface area (Å²) in [5.41, 5.74) is -0.115. The molecule has 1 aliphatic carbocycles. The summed E-state index contributed by atoms with van der Waals surface area (Å²) >= 11 is 0. The molecule has 1 saturated carbocycles. The molecule has 0 amide bonds. The second-order valence-corrected chi connectivity index (χ2v) is 14.1. The Kier molecular flexibility index (Phi) is 11.7. The molecule has 0 radical (unpaired) electrons. The van der Waals surface area contributed by atoms with E-state index in [0.29, 0.717) is 36.1 Å². The van der Waals surface area contributed by atoms with Gasteiger partial charge in [0.05, 0.1) is 32.0 Å². The maximum atomic E-state index is 16.4. The average Bonchev–Trinajstić information content (AvgIpc) is 3.11.